The molecule has 1 aliphatic rings. The highest BCUT2D eigenvalue weighted by molar-refractivity contribution is 9.10. The lowest BCUT2D eigenvalue weighted by Crippen LogP contribution is -2.20. The summed E-state index contributed by atoms with van der Waals surface area (Å²) in [5, 5.41) is 0. The van der Waals surface area contributed by atoms with Crippen molar-refractivity contribution in [3.63, 3.8) is 0 Å². The second kappa shape index (κ2) is 5.38. The van der Waals surface area contributed by atoms with Crippen LogP contribution in [0.3, 0.4) is 0 Å². The minimum atomic E-state index is 0.374. The number of nitrogens with one attached hydrogen (secondary N) is 1. The monoisotopic (exact) mass is 340 g/mol. The summed E-state index contributed by atoms with van der Waals surface area (Å²) >= 11 is 8.99. The van der Waals surface area contributed by atoms with Gasteiger partial charge < -0.3 is 14.3 Å². The molecule has 0 aliphatic carbocycles. The fourth-order valence-corrected chi connectivity index (χ4v) is 3.53. The molecule has 1 saturated heterocycles. The number of hydrogen-bond donors (Lipinski definition) is 1. The van der Waals surface area contributed by atoms with E-state index in [0.717, 1.165) is 40.8 Å². The molecule has 2 unspecified atom stereocenters. The minimum absolute atomic E-state index is 0.374. The van der Waals surface area contributed by atoms with Crippen molar-refractivity contribution in [1.82, 2.24) is 9.55 Å². The SMILES string of the molecule is CCC1OCCC1Cn1c(=S)[nH]c2ccc(Br)cc21. The number of rotatable bonds is 3. The largest absolute Gasteiger partial charge is 0.378 e. The lowest BCUT2D eigenvalue weighted by Gasteiger charge is -2.17. The standard InChI is InChI=1S/C14H17BrN2OS/c1-2-13-9(5-6-18-13)8-17-12-7-10(15)3-4-11(12)16-14(17)19/h3-4,7,9,13H,2,5-6,8H2,1H3,(H,16,19). The van der Waals surface area contributed by atoms with Gasteiger partial charge in [-0.1, -0.05) is 22.9 Å². The predicted octanol–water partition coefficient (Wildman–Crippen LogP) is 4.28. The van der Waals surface area contributed by atoms with Gasteiger partial charge in [-0.15, -0.1) is 0 Å². The normalized spacial score (nSPS) is 23.3. The molecule has 1 aromatic heterocycles. The van der Waals surface area contributed by atoms with Crippen LogP contribution in [0.15, 0.2) is 22.7 Å². The lowest BCUT2D eigenvalue weighted by atomic mass is 9.99. The number of aromatic nitrogens is 2. The van der Waals surface area contributed by atoms with Crippen LogP contribution in [0.2, 0.25) is 0 Å². The molecule has 0 amide bonds. The molecule has 3 nitrogen and oxygen atoms in total. The van der Waals surface area contributed by atoms with Crippen molar-refractivity contribution in [1.29, 1.82) is 0 Å². The Labute approximate surface area is 126 Å². The van der Waals surface area contributed by atoms with E-state index in [2.05, 4.69) is 44.5 Å². The second-order valence-corrected chi connectivity index (χ2v) is 6.37. The number of H-pyrrole nitrogens is 1. The van der Waals surface area contributed by atoms with E-state index in [4.69, 9.17) is 17.0 Å². The Morgan fingerprint density at radius 1 is 1.53 bits per heavy atom. The Hall–Kier alpha value is -0.650. The molecular formula is C14H17BrN2OS. The summed E-state index contributed by atoms with van der Waals surface area (Å²) in [7, 11) is 0. The van der Waals surface area contributed by atoms with Gasteiger partial charge in [0.25, 0.3) is 0 Å². The molecule has 2 heterocycles. The Morgan fingerprint density at radius 3 is 3.16 bits per heavy atom. The van der Waals surface area contributed by atoms with Gasteiger partial charge >= 0.3 is 0 Å². The number of hydrogen-bond acceptors (Lipinski definition) is 2. The molecule has 2 atom stereocenters. The van der Waals surface area contributed by atoms with E-state index in [-0.39, 0.29) is 0 Å². The summed E-state index contributed by atoms with van der Waals surface area (Å²) < 4.78 is 9.86. The van der Waals surface area contributed by atoms with Gasteiger partial charge in [-0.3, -0.25) is 0 Å². The van der Waals surface area contributed by atoms with Crippen molar-refractivity contribution >= 4 is 39.2 Å². The Balaban J connectivity index is 1.98. The molecule has 0 bridgehead atoms. The molecule has 5 heteroatoms. The Morgan fingerprint density at radius 2 is 2.37 bits per heavy atom. The first-order valence-corrected chi connectivity index (χ1v) is 7.89. The average molecular weight is 341 g/mol. The zero-order chi connectivity index (χ0) is 13.4. The summed E-state index contributed by atoms with van der Waals surface area (Å²) in [5.41, 5.74) is 2.27. The van der Waals surface area contributed by atoms with Crippen molar-refractivity contribution in [3.8, 4) is 0 Å². The third kappa shape index (κ3) is 2.51. The number of ether oxygens (including phenoxy) is 1. The van der Waals surface area contributed by atoms with E-state index >= 15 is 0 Å². The molecule has 0 saturated carbocycles. The Kier molecular flexibility index (Phi) is 3.78. The first-order valence-electron chi connectivity index (χ1n) is 6.68. The second-order valence-electron chi connectivity index (χ2n) is 5.07. The van der Waals surface area contributed by atoms with Gasteiger partial charge in [0.1, 0.15) is 0 Å². The highest BCUT2D eigenvalue weighted by Crippen LogP contribution is 2.27. The molecule has 1 N–H and O–H groups in total. The van der Waals surface area contributed by atoms with E-state index < -0.39 is 0 Å². The number of aromatic amines is 1. The maximum Gasteiger partial charge on any atom is 0.178 e. The van der Waals surface area contributed by atoms with E-state index in [1.54, 1.807) is 0 Å². The molecule has 19 heavy (non-hydrogen) atoms. The van der Waals surface area contributed by atoms with E-state index in [1.807, 2.05) is 6.07 Å². The maximum atomic E-state index is 5.77. The molecule has 2 aromatic rings. The van der Waals surface area contributed by atoms with Gasteiger partial charge in [0, 0.05) is 23.5 Å². The van der Waals surface area contributed by atoms with Gasteiger partial charge in [-0.2, -0.15) is 0 Å². The first kappa shape index (κ1) is 13.3. The molecule has 0 spiro atoms. The molecule has 0 radical (unpaired) electrons. The van der Waals surface area contributed by atoms with Gasteiger partial charge in [-0.05, 0) is 43.3 Å². The van der Waals surface area contributed by atoms with Gasteiger partial charge in [0.05, 0.1) is 17.1 Å². The molecule has 1 fully saturated rings. The minimum Gasteiger partial charge on any atom is -0.378 e. The summed E-state index contributed by atoms with van der Waals surface area (Å²) in [6.07, 6.45) is 2.57. The molecular weight excluding hydrogens is 324 g/mol. The first-order chi connectivity index (χ1) is 9.19. The fourth-order valence-electron chi connectivity index (χ4n) is 2.89. The highest BCUT2D eigenvalue weighted by atomic mass is 79.9. The summed E-state index contributed by atoms with van der Waals surface area (Å²) in [6, 6.07) is 6.22. The highest BCUT2D eigenvalue weighted by Gasteiger charge is 2.27. The zero-order valence-electron chi connectivity index (χ0n) is 10.9. The maximum absolute atomic E-state index is 5.77. The summed E-state index contributed by atoms with van der Waals surface area (Å²) in [6.45, 7) is 4.00. The topological polar surface area (TPSA) is 29.9 Å². The number of benzene rings is 1. The predicted molar refractivity (Wildman–Crippen MR) is 83.0 cm³/mol. The van der Waals surface area contributed by atoms with Crippen LogP contribution < -0.4 is 0 Å². The van der Waals surface area contributed by atoms with Gasteiger partial charge in [0.15, 0.2) is 4.77 Å². The lowest BCUT2D eigenvalue weighted by molar-refractivity contribution is 0.0837. The summed E-state index contributed by atoms with van der Waals surface area (Å²) in [4.78, 5) is 3.28. The van der Waals surface area contributed by atoms with Crippen LogP contribution in [0.25, 0.3) is 11.0 Å². The third-order valence-electron chi connectivity index (χ3n) is 3.90. The third-order valence-corrected chi connectivity index (χ3v) is 4.72. The smallest absolute Gasteiger partial charge is 0.178 e. The molecule has 3 rings (SSSR count). The van der Waals surface area contributed by atoms with E-state index in [9.17, 15) is 0 Å². The van der Waals surface area contributed by atoms with Crippen LogP contribution in [0.4, 0.5) is 0 Å². The van der Waals surface area contributed by atoms with Crippen molar-refractivity contribution in [2.24, 2.45) is 5.92 Å². The van der Waals surface area contributed by atoms with Crippen LogP contribution in [-0.2, 0) is 11.3 Å². The number of fused-ring (bicyclic) bond motifs is 1. The Bertz CT molecular complexity index is 648. The van der Waals surface area contributed by atoms with Gasteiger partial charge in [-0.25, -0.2) is 0 Å². The van der Waals surface area contributed by atoms with Crippen LogP contribution in [0.1, 0.15) is 19.8 Å². The van der Waals surface area contributed by atoms with Crippen LogP contribution in [0.5, 0.6) is 0 Å². The van der Waals surface area contributed by atoms with Crippen LogP contribution in [0, 0.1) is 10.7 Å². The van der Waals surface area contributed by atoms with Crippen LogP contribution in [-0.4, -0.2) is 22.3 Å². The van der Waals surface area contributed by atoms with Crippen molar-refractivity contribution in [2.75, 3.05) is 6.61 Å². The fraction of sp³-hybridized carbons (Fsp3) is 0.500. The van der Waals surface area contributed by atoms with Crippen molar-refractivity contribution < 1.29 is 4.74 Å². The molecule has 102 valence electrons. The number of nitrogens with zero attached hydrogens (tertiary/aromatic N) is 1. The number of imidazole rings is 1. The van der Waals surface area contributed by atoms with E-state index in [0.29, 0.717) is 12.0 Å². The van der Waals surface area contributed by atoms with E-state index in [1.165, 1.54) is 5.52 Å². The molecule has 1 aromatic carbocycles. The van der Waals surface area contributed by atoms with Crippen molar-refractivity contribution in [2.45, 2.75) is 32.4 Å². The number of halogens is 1. The average Bonchev–Trinajstić information content (AvgIpc) is 2.96. The zero-order valence-corrected chi connectivity index (χ0v) is 13.3. The van der Waals surface area contributed by atoms with Gasteiger partial charge in [0.2, 0.25) is 0 Å². The summed E-state index contributed by atoms with van der Waals surface area (Å²) in [5.74, 6) is 0.565. The molecule has 1 aliphatic heterocycles. The quantitative estimate of drug-likeness (QED) is 0.845. The van der Waals surface area contributed by atoms with Crippen LogP contribution >= 0.6 is 28.1 Å². The van der Waals surface area contributed by atoms with Crippen molar-refractivity contribution in [3.05, 3.63) is 27.4 Å².